The number of hydrogen-bond donors (Lipinski definition) is 3. The van der Waals surface area contributed by atoms with Crippen LogP contribution in [0.25, 0.3) is 0 Å². The number of aliphatic carboxylic acids is 3. The van der Waals surface area contributed by atoms with Crippen LogP contribution < -0.4 is 0 Å². The molecule has 0 atom stereocenters. The van der Waals surface area contributed by atoms with E-state index >= 15 is 0 Å². The molecule has 1 fully saturated rings. The van der Waals surface area contributed by atoms with Crippen LogP contribution in [0.4, 0.5) is 0 Å². The highest BCUT2D eigenvalue weighted by molar-refractivity contribution is 5.69. The molecule has 0 radical (unpaired) electrons. The van der Waals surface area contributed by atoms with Crippen molar-refractivity contribution in [3.63, 3.8) is 0 Å². The first-order valence-corrected chi connectivity index (χ1v) is 11.1. The Balaban J connectivity index is 2.19. The number of nitrogens with zero attached hydrogens (tertiary/aromatic N) is 5. The molecule has 0 amide bonds. The van der Waals surface area contributed by atoms with Crippen LogP contribution in [0.3, 0.4) is 0 Å². The lowest BCUT2D eigenvalue weighted by atomic mass is 10.2. The third-order valence-electron chi connectivity index (χ3n) is 5.54. The Labute approximate surface area is 194 Å². The largest absolute Gasteiger partial charge is 0.480 e. The highest BCUT2D eigenvalue weighted by Gasteiger charge is 2.20. The fourth-order valence-corrected chi connectivity index (χ4v) is 4.02. The molecule has 2 heterocycles. The van der Waals surface area contributed by atoms with Gasteiger partial charge in [0, 0.05) is 64.6 Å². The van der Waals surface area contributed by atoms with Gasteiger partial charge in [0.25, 0.3) is 0 Å². The Hall–Kier alpha value is -2.60. The average Bonchev–Trinajstić information content (AvgIpc) is 2.68. The Kier molecular flexibility index (Phi) is 10.7. The maximum absolute atomic E-state index is 11.4. The molecule has 3 N–H and O–H groups in total. The first-order chi connectivity index (χ1) is 15.6. The second kappa shape index (κ2) is 13.2. The second-order valence-electron chi connectivity index (χ2n) is 8.56. The zero-order valence-corrected chi connectivity index (χ0v) is 19.4. The van der Waals surface area contributed by atoms with Crippen molar-refractivity contribution in [1.29, 1.82) is 0 Å². The van der Waals surface area contributed by atoms with E-state index in [0.717, 1.165) is 17.0 Å². The minimum Gasteiger partial charge on any atom is -0.480 e. The van der Waals surface area contributed by atoms with Crippen LogP contribution in [0.2, 0.25) is 0 Å². The molecular weight excluding hydrogens is 430 g/mol. The van der Waals surface area contributed by atoms with Gasteiger partial charge in [0.1, 0.15) is 0 Å². The van der Waals surface area contributed by atoms with Crippen molar-refractivity contribution in [2.45, 2.75) is 20.4 Å². The fourth-order valence-electron chi connectivity index (χ4n) is 4.02. The summed E-state index contributed by atoms with van der Waals surface area (Å²) in [6.45, 7) is 7.88. The zero-order valence-electron chi connectivity index (χ0n) is 19.4. The summed E-state index contributed by atoms with van der Waals surface area (Å²) in [4.78, 5) is 46.1. The van der Waals surface area contributed by atoms with Crippen LogP contribution >= 0.6 is 0 Å². The van der Waals surface area contributed by atoms with Gasteiger partial charge in [-0.1, -0.05) is 0 Å². The normalized spacial score (nSPS) is 18.4. The Morgan fingerprint density at radius 2 is 1.06 bits per heavy atom. The number of aromatic nitrogens is 1. The molecule has 0 saturated carbocycles. The van der Waals surface area contributed by atoms with Gasteiger partial charge in [-0.2, -0.15) is 0 Å². The van der Waals surface area contributed by atoms with Gasteiger partial charge in [-0.15, -0.1) is 0 Å². The van der Waals surface area contributed by atoms with Crippen molar-refractivity contribution in [2.75, 3.05) is 72.0 Å². The van der Waals surface area contributed by atoms with Gasteiger partial charge in [-0.05, 0) is 31.5 Å². The molecule has 184 valence electrons. The number of carboxylic acids is 3. The SMILES string of the molecule is Cc1cc(C)nc(CN2CCN(CC(=O)O)CCN(CC(=O)O)CCN(CC(=O)O)CC2)c1. The average molecular weight is 466 g/mol. The van der Waals surface area contributed by atoms with Crippen LogP contribution in [-0.2, 0) is 20.9 Å². The number of carbonyl (C=O) groups is 3. The Bertz CT molecular complexity index is 768. The van der Waals surface area contributed by atoms with Crippen LogP contribution in [0.15, 0.2) is 12.1 Å². The fraction of sp³-hybridized carbons (Fsp3) is 0.636. The summed E-state index contributed by atoms with van der Waals surface area (Å²) in [7, 11) is 0. The van der Waals surface area contributed by atoms with Gasteiger partial charge in [0.2, 0.25) is 0 Å². The highest BCUT2D eigenvalue weighted by Crippen LogP contribution is 2.09. The quantitative estimate of drug-likeness (QED) is 0.465. The first kappa shape index (κ1) is 26.7. The molecule has 1 saturated heterocycles. The van der Waals surface area contributed by atoms with E-state index in [0.29, 0.717) is 58.9 Å². The molecule has 1 aliphatic heterocycles. The van der Waals surface area contributed by atoms with E-state index in [1.54, 1.807) is 4.90 Å². The summed E-state index contributed by atoms with van der Waals surface area (Å²) in [6.07, 6.45) is 0. The summed E-state index contributed by atoms with van der Waals surface area (Å²) in [5.41, 5.74) is 2.96. The Morgan fingerprint density at radius 1 is 0.697 bits per heavy atom. The molecule has 0 spiro atoms. The van der Waals surface area contributed by atoms with E-state index in [1.807, 2.05) is 35.8 Å². The molecule has 33 heavy (non-hydrogen) atoms. The number of aryl methyl sites for hydroxylation is 2. The lowest BCUT2D eigenvalue weighted by Gasteiger charge is -2.33. The van der Waals surface area contributed by atoms with Gasteiger partial charge in [0.05, 0.1) is 25.3 Å². The molecular formula is C22H35N5O6. The summed E-state index contributed by atoms with van der Waals surface area (Å²) < 4.78 is 0. The summed E-state index contributed by atoms with van der Waals surface area (Å²) >= 11 is 0. The molecule has 0 aliphatic carbocycles. The van der Waals surface area contributed by atoms with Crippen molar-refractivity contribution in [2.24, 2.45) is 0 Å². The van der Waals surface area contributed by atoms with Crippen LogP contribution in [0.1, 0.15) is 17.0 Å². The molecule has 11 nitrogen and oxygen atoms in total. The topological polar surface area (TPSA) is 138 Å². The molecule has 11 heteroatoms. The molecule has 2 rings (SSSR count). The van der Waals surface area contributed by atoms with Crippen molar-refractivity contribution in [1.82, 2.24) is 24.6 Å². The van der Waals surface area contributed by atoms with Crippen molar-refractivity contribution < 1.29 is 29.7 Å². The summed E-state index contributed by atoms with van der Waals surface area (Å²) in [6, 6.07) is 4.03. The lowest BCUT2D eigenvalue weighted by molar-refractivity contribution is -0.140. The van der Waals surface area contributed by atoms with E-state index in [2.05, 4.69) is 9.88 Å². The van der Waals surface area contributed by atoms with Gasteiger partial charge in [0.15, 0.2) is 0 Å². The molecule has 1 aromatic rings. The minimum atomic E-state index is -0.969. The first-order valence-electron chi connectivity index (χ1n) is 11.1. The lowest BCUT2D eigenvalue weighted by Crippen LogP contribution is -2.48. The predicted molar refractivity (Wildman–Crippen MR) is 121 cm³/mol. The molecule has 0 unspecified atom stereocenters. The van der Waals surface area contributed by atoms with E-state index in [9.17, 15) is 29.7 Å². The van der Waals surface area contributed by atoms with Crippen LogP contribution in [0.5, 0.6) is 0 Å². The van der Waals surface area contributed by atoms with Gasteiger partial charge < -0.3 is 15.3 Å². The van der Waals surface area contributed by atoms with E-state index < -0.39 is 17.9 Å². The maximum atomic E-state index is 11.4. The summed E-state index contributed by atoms with van der Waals surface area (Å²) in [5.74, 6) is -2.83. The third-order valence-corrected chi connectivity index (χ3v) is 5.54. The second-order valence-corrected chi connectivity index (χ2v) is 8.56. The predicted octanol–water partition coefficient (Wildman–Crippen LogP) is -0.326. The number of carboxylic acid groups (broad SMARTS) is 3. The maximum Gasteiger partial charge on any atom is 0.317 e. The number of hydrogen-bond acceptors (Lipinski definition) is 8. The number of rotatable bonds is 8. The smallest absolute Gasteiger partial charge is 0.317 e. The van der Waals surface area contributed by atoms with Gasteiger partial charge in [-0.25, -0.2) is 0 Å². The molecule has 1 aromatic heterocycles. The van der Waals surface area contributed by atoms with E-state index in [4.69, 9.17) is 0 Å². The summed E-state index contributed by atoms with van der Waals surface area (Å²) in [5, 5.41) is 27.8. The molecule has 0 bridgehead atoms. The van der Waals surface area contributed by atoms with E-state index in [1.165, 1.54) is 0 Å². The standard InChI is InChI=1S/C22H35N5O6/c1-17-11-18(2)23-19(12-17)13-24-3-5-25(14-20(28)29)7-9-27(16-22(32)33)10-8-26(6-4-24)15-21(30)31/h11-12H,3-10,13-16H2,1-2H3,(H,28,29)(H,30,31)(H,32,33). The zero-order chi connectivity index (χ0) is 24.4. The minimum absolute atomic E-state index is 0.123. The third kappa shape index (κ3) is 10.7. The van der Waals surface area contributed by atoms with Gasteiger partial charge in [-0.3, -0.25) is 39.0 Å². The van der Waals surface area contributed by atoms with E-state index in [-0.39, 0.29) is 19.6 Å². The van der Waals surface area contributed by atoms with Crippen molar-refractivity contribution in [3.8, 4) is 0 Å². The van der Waals surface area contributed by atoms with Crippen molar-refractivity contribution in [3.05, 3.63) is 29.1 Å². The van der Waals surface area contributed by atoms with Crippen molar-refractivity contribution >= 4 is 17.9 Å². The number of pyridine rings is 1. The molecule has 0 aromatic carbocycles. The Morgan fingerprint density at radius 3 is 1.39 bits per heavy atom. The van der Waals surface area contributed by atoms with Crippen LogP contribution in [-0.4, -0.2) is 130 Å². The highest BCUT2D eigenvalue weighted by atomic mass is 16.4. The molecule has 1 aliphatic rings. The monoisotopic (exact) mass is 465 g/mol. The van der Waals surface area contributed by atoms with Crippen LogP contribution in [0, 0.1) is 13.8 Å². The van der Waals surface area contributed by atoms with Gasteiger partial charge >= 0.3 is 17.9 Å².